The molecule has 1 atom stereocenters. The van der Waals surface area contributed by atoms with Crippen molar-refractivity contribution in [3.63, 3.8) is 0 Å². The first-order valence-electron chi connectivity index (χ1n) is 7.95. The van der Waals surface area contributed by atoms with E-state index in [0.717, 1.165) is 18.0 Å². The molecule has 0 amide bonds. The monoisotopic (exact) mass is 322 g/mol. The molecule has 24 heavy (non-hydrogen) atoms. The van der Waals surface area contributed by atoms with Gasteiger partial charge in [0.05, 0.1) is 25.0 Å². The molecule has 0 unspecified atom stereocenters. The smallest absolute Gasteiger partial charge is 0.119 e. The molecule has 5 heteroatoms. The van der Waals surface area contributed by atoms with Crippen LogP contribution in [0.25, 0.3) is 0 Å². The maximum absolute atomic E-state index is 5.37. The SMILES string of the molecule is COc1cccc([C@@H](C)N(Cc2ccncc2)c2cnn(C)c2)c1. The van der Waals surface area contributed by atoms with Gasteiger partial charge in [-0.1, -0.05) is 12.1 Å². The number of methoxy groups -OCH3 is 1. The lowest BCUT2D eigenvalue weighted by molar-refractivity contribution is 0.413. The molecule has 2 aromatic heterocycles. The van der Waals surface area contributed by atoms with E-state index in [0.29, 0.717) is 0 Å². The summed E-state index contributed by atoms with van der Waals surface area (Å²) in [5.41, 5.74) is 3.50. The van der Waals surface area contributed by atoms with E-state index < -0.39 is 0 Å². The summed E-state index contributed by atoms with van der Waals surface area (Å²) in [4.78, 5) is 6.43. The van der Waals surface area contributed by atoms with E-state index in [4.69, 9.17) is 4.74 Å². The lowest BCUT2D eigenvalue weighted by Gasteiger charge is -2.30. The summed E-state index contributed by atoms with van der Waals surface area (Å²) in [6.45, 7) is 2.98. The zero-order valence-corrected chi connectivity index (χ0v) is 14.3. The van der Waals surface area contributed by atoms with Gasteiger partial charge in [0.15, 0.2) is 0 Å². The van der Waals surface area contributed by atoms with Gasteiger partial charge >= 0.3 is 0 Å². The second-order valence-corrected chi connectivity index (χ2v) is 5.81. The molecule has 0 saturated carbocycles. The normalized spacial score (nSPS) is 12.0. The maximum Gasteiger partial charge on any atom is 0.119 e. The molecule has 2 heterocycles. The molecule has 0 aliphatic rings. The van der Waals surface area contributed by atoms with Gasteiger partial charge in [-0.2, -0.15) is 5.10 Å². The minimum atomic E-state index is 0.178. The quantitative estimate of drug-likeness (QED) is 0.695. The van der Waals surface area contributed by atoms with Gasteiger partial charge < -0.3 is 9.64 Å². The van der Waals surface area contributed by atoms with Crippen LogP contribution in [0.3, 0.4) is 0 Å². The molecule has 1 aromatic carbocycles. The van der Waals surface area contributed by atoms with Crippen molar-refractivity contribution in [1.82, 2.24) is 14.8 Å². The molecule has 124 valence electrons. The molecule has 0 fully saturated rings. The fraction of sp³-hybridized carbons (Fsp3) is 0.263. The fourth-order valence-electron chi connectivity index (χ4n) is 2.77. The van der Waals surface area contributed by atoms with E-state index in [-0.39, 0.29) is 6.04 Å². The first-order valence-corrected chi connectivity index (χ1v) is 7.95. The average molecular weight is 322 g/mol. The molecule has 0 bridgehead atoms. The zero-order valence-electron chi connectivity index (χ0n) is 14.3. The molecule has 0 aliphatic heterocycles. The number of anilines is 1. The molecule has 0 aliphatic carbocycles. The highest BCUT2D eigenvalue weighted by Gasteiger charge is 2.18. The van der Waals surface area contributed by atoms with Crippen LogP contribution in [0.1, 0.15) is 24.1 Å². The highest BCUT2D eigenvalue weighted by atomic mass is 16.5. The van der Waals surface area contributed by atoms with Gasteiger partial charge in [0, 0.05) is 32.2 Å². The second kappa shape index (κ2) is 7.17. The highest BCUT2D eigenvalue weighted by molar-refractivity contribution is 5.47. The number of rotatable bonds is 6. The lowest BCUT2D eigenvalue weighted by Crippen LogP contribution is -2.26. The molecule has 5 nitrogen and oxygen atoms in total. The molecule has 3 aromatic rings. The number of hydrogen-bond donors (Lipinski definition) is 0. The van der Waals surface area contributed by atoms with Crippen LogP contribution in [0.4, 0.5) is 5.69 Å². The minimum Gasteiger partial charge on any atom is -0.497 e. The highest BCUT2D eigenvalue weighted by Crippen LogP contribution is 2.30. The van der Waals surface area contributed by atoms with Gasteiger partial charge in [-0.3, -0.25) is 9.67 Å². The Balaban J connectivity index is 1.93. The Morgan fingerprint density at radius 2 is 2.00 bits per heavy atom. The van der Waals surface area contributed by atoms with Gasteiger partial charge in [-0.15, -0.1) is 0 Å². The van der Waals surface area contributed by atoms with Crippen LogP contribution >= 0.6 is 0 Å². The number of nitrogens with zero attached hydrogens (tertiary/aromatic N) is 4. The lowest BCUT2D eigenvalue weighted by atomic mass is 10.1. The van der Waals surface area contributed by atoms with Crippen LogP contribution in [-0.2, 0) is 13.6 Å². The zero-order chi connectivity index (χ0) is 16.9. The predicted octanol–water partition coefficient (Wildman–Crippen LogP) is 3.59. The third-order valence-corrected chi connectivity index (χ3v) is 4.17. The standard InChI is InChI=1S/C19H22N4O/c1-15(17-5-4-6-19(11-17)24-3)23(18-12-21-22(2)14-18)13-16-7-9-20-10-8-16/h4-12,14-15H,13H2,1-3H3/t15-/m1/s1. The molecule has 0 N–H and O–H groups in total. The van der Waals surface area contributed by atoms with E-state index in [1.54, 1.807) is 7.11 Å². The van der Waals surface area contributed by atoms with Crippen molar-refractivity contribution in [3.8, 4) is 5.75 Å². The summed E-state index contributed by atoms with van der Waals surface area (Å²) in [7, 11) is 3.63. The van der Waals surface area contributed by atoms with Crippen molar-refractivity contribution >= 4 is 5.69 Å². The van der Waals surface area contributed by atoms with Crippen molar-refractivity contribution in [2.75, 3.05) is 12.0 Å². The number of aryl methyl sites for hydroxylation is 1. The van der Waals surface area contributed by atoms with Gasteiger partial charge in [0.1, 0.15) is 5.75 Å². The first kappa shape index (κ1) is 16.1. The Morgan fingerprint density at radius 3 is 2.67 bits per heavy atom. The summed E-state index contributed by atoms with van der Waals surface area (Å²) < 4.78 is 7.20. The Labute approximate surface area is 142 Å². The summed E-state index contributed by atoms with van der Waals surface area (Å²) in [5.74, 6) is 0.870. The largest absolute Gasteiger partial charge is 0.497 e. The summed E-state index contributed by atoms with van der Waals surface area (Å²) in [6, 6.07) is 12.5. The second-order valence-electron chi connectivity index (χ2n) is 5.81. The number of benzene rings is 1. The number of pyridine rings is 1. The van der Waals surface area contributed by atoms with Crippen LogP contribution in [-0.4, -0.2) is 21.9 Å². The summed E-state index contributed by atoms with van der Waals surface area (Å²) >= 11 is 0. The molecule has 3 rings (SSSR count). The first-order chi connectivity index (χ1) is 11.7. The summed E-state index contributed by atoms with van der Waals surface area (Å²) in [6.07, 6.45) is 7.59. The van der Waals surface area contributed by atoms with Gasteiger partial charge in [-0.25, -0.2) is 0 Å². The number of ether oxygens (including phenoxy) is 1. The predicted molar refractivity (Wildman–Crippen MR) is 95.0 cm³/mol. The number of aromatic nitrogens is 3. The van der Waals surface area contributed by atoms with Crippen molar-refractivity contribution in [1.29, 1.82) is 0 Å². The van der Waals surface area contributed by atoms with Crippen molar-refractivity contribution in [2.45, 2.75) is 19.5 Å². The van der Waals surface area contributed by atoms with E-state index >= 15 is 0 Å². The Kier molecular flexibility index (Phi) is 4.79. The van der Waals surface area contributed by atoms with Gasteiger partial charge in [0.2, 0.25) is 0 Å². The molecular formula is C19H22N4O. The van der Waals surface area contributed by atoms with E-state index in [9.17, 15) is 0 Å². The topological polar surface area (TPSA) is 43.2 Å². The minimum absolute atomic E-state index is 0.178. The molecule has 0 radical (unpaired) electrons. The Hall–Kier alpha value is -2.82. The van der Waals surface area contributed by atoms with E-state index in [2.05, 4.69) is 34.0 Å². The van der Waals surface area contributed by atoms with E-state index in [1.807, 2.05) is 60.8 Å². The van der Waals surface area contributed by atoms with Crippen LogP contribution < -0.4 is 9.64 Å². The van der Waals surface area contributed by atoms with Gasteiger partial charge in [-0.05, 0) is 42.3 Å². The molecule has 0 saturated heterocycles. The Bertz CT molecular complexity index is 785. The van der Waals surface area contributed by atoms with Gasteiger partial charge in [0.25, 0.3) is 0 Å². The third kappa shape index (κ3) is 3.56. The fourth-order valence-corrected chi connectivity index (χ4v) is 2.77. The van der Waals surface area contributed by atoms with Crippen molar-refractivity contribution in [2.24, 2.45) is 7.05 Å². The molecule has 0 spiro atoms. The van der Waals surface area contributed by atoms with Crippen LogP contribution in [0.5, 0.6) is 5.75 Å². The van der Waals surface area contributed by atoms with Crippen LogP contribution in [0.2, 0.25) is 0 Å². The Morgan fingerprint density at radius 1 is 1.21 bits per heavy atom. The summed E-state index contributed by atoms with van der Waals surface area (Å²) in [5, 5.41) is 4.33. The number of hydrogen-bond acceptors (Lipinski definition) is 4. The molecular weight excluding hydrogens is 300 g/mol. The van der Waals surface area contributed by atoms with Crippen LogP contribution in [0, 0.1) is 0 Å². The van der Waals surface area contributed by atoms with Crippen LogP contribution in [0.15, 0.2) is 61.2 Å². The van der Waals surface area contributed by atoms with Crippen molar-refractivity contribution < 1.29 is 4.74 Å². The maximum atomic E-state index is 5.37. The van der Waals surface area contributed by atoms with Crippen molar-refractivity contribution in [3.05, 3.63) is 72.3 Å². The van der Waals surface area contributed by atoms with E-state index in [1.165, 1.54) is 11.1 Å². The third-order valence-electron chi connectivity index (χ3n) is 4.17. The average Bonchev–Trinajstić information content (AvgIpc) is 3.06.